The van der Waals surface area contributed by atoms with Crippen LogP contribution in [0.2, 0.25) is 0 Å². The van der Waals surface area contributed by atoms with Crippen molar-refractivity contribution in [1.29, 1.82) is 5.26 Å². The van der Waals surface area contributed by atoms with Crippen molar-refractivity contribution in [3.8, 4) is 6.07 Å². The number of hydrogen-bond acceptors (Lipinski definition) is 3. The quantitative estimate of drug-likeness (QED) is 0.610. The Morgan fingerprint density at radius 3 is 2.85 bits per heavy atom. The molecule has 0 aliphatic rings. The van der Waals surface area contributed by atoms with E-state index in [1.54, 1.807) is 4.90 Å². The summed E-state index contributed by atoms with van der Waals surface area (Å²) in [5.74, 6) is 0.940. The molecule has 0 saturated heterocycles. The van der Waals surface area contributed by atoms with Crippen molar-refractivity contribution in [2.75, 3.05) is 25.1 Å². The highest BCUT2D eigenvalue weighted by Crippen LogP contribution is 2.01. The van der Waals surface area contributed by atoms with Crippen LogP contribution in [0.3, 0.4) is 0 Å². The number of amides is 1. The number of nitrogens with zero attached hydrogens (tertiary/aromatic N) is 2. The van der Waals surface area contributed by atoms with Crippen molar-refractivity contribution in [3.63, 3.8) is 0 Å². The molecule has 0 aliphatic heterocycles. The van der Waals surface area contributed by atoms with Crippen molar-refractivity contribution in [3.05, 3.63) is 0 Å². The molecule has 0 bridgehead atoms. The van der Waals surface area contributed by atoms with Gasteiger partial charge in [-0.25, -0.2) is 0 Å². The Labute approximate surface area is 84.1 Å². The van der Waals surface area contributed by atoms with E-state index < -0.39 is 0 Å². The molecule has 0 unspecified atom stereocenters. The maximum atomic E-state index is 11.3. The zero-order valence-electron chi connectivity index (χ0n) is 8.25. The van der Waals surface area contributed by atoms with E-state index in [1.807, 2.05) is 13.1 Å². The van der Waals surface area contributed by atoms with E-state index in [0.717, 1.165) is 19.4 Å². The van der Waals surface area contributed by atoms with Crippen molar-refractivity contribution < 1.29 is 4.79 Å². The lowest BCUT2D eigenvalue weighted by molar-refractivity contribution is -0.127. The maximum absolute atomic E-state index is 11.3. The van der Waals surface area contributed by atoms with E-state index in [0.29, 0.717) is 11.5 Å². The summed E-state index contributed by atoms with van der Waals surface area (Å²) in [5.41, 5.74) is 0. The third-order valence-electron chi connectivity index (χ3n) is 1.66. The molecule has 3 nitrogen and oxygen atoms in total. The van der Waals surface area contributed by atoms with Gasteiger partial charge in [-0.3, -0.25) is 4.79 Å². The Hall–Kier alpha value is -0.690. The molecule has 0 heterocycles. The first-order valence-corrected chi connectivity index (χ1v) is 5.56. The Morgan fingerprint density at radius 2 is 2.31 bits per heavy atom. The van der Waals surface area contributed by atoms with Crippen LogP contribution in [0.1, 0.15) is 19.8 Å². The second-order valence-corrected chi connectivity index (χ2v) is 3.81. The number of unbranched alkanes of at least 4 members (excludes halogenated alkanes) is 1. The van der Waals surface area contributed by atoms with Gasteiger partial charge in [-0.05, 0) is 6.42 Å². The Balaban J connectivity index is 3.52. The van der Waals surface area contributed by atoms with Crippen LogP contribution in [0.15, 0.2) is 0 Å². The summed E-state index contributed by atoms with van der Waals surface area (Å²) in [6, 6.07) is 2.00. The second-order valence-electron chi connectivity index (χ2n) is 2.82. The molecule has 0 rings (SSSR count). The van der Waals surface area contributed by atoms with Crippen LogP contribution in [0, 0.1) is 11.3 Å². The molecule has 0 radical (unpaired) electrons. The molecule has 1 amide bonds. The zero-order chi connectivity index (χ0) is 10.1. The molecule has 0 atom stereocenters. The molecule has 74 valence electrons. The lowest BCUT2D eigenvalue weighted by atomic mass is 10.3. The Kier molecular flexibility index (Phi) is 7.51. The lowest BCUT2D eigenvalue weighted by Crippen LogP contribution is -2.29. The minimum Gasteiger partial charge on any atom is -0.345 e. The van der Waals surface area contributed by atoms with Gasteiger partial charge in [0.2, 0.25) is 5.91 Å². The number of rotatable bonds is 6. The van der Waals surface area contributed by atoms with Gasteiger partial charge in [0.25, 0.3) is 0 Å². The first-order valence-electron chi connectivity index (χ1n) is 4.41. The van der Waals surface area contributed by atoms with Crippen LogP contribution in [-0.4, -0.2) is 35.9 Å². The molecule has 0 spiro atoms. The maximum Gasteiger partial charge on any atom is 0.232 e. The topological polar surface area (TPSA) is 44.1 Å². The summed E-state index contributed by atoms with van der Waals surface area (Å²) >= 11 is 1.37. The van der Waals surface area contributed by atoms with E-state index in [-0.39, 0.29) is 5.91 Å². The number of carbonyl (C=O) groups excluding carboxylic acids is 1. The molecule has 0 aromatic rings. The molecular formula is C9H16N2OS. The minimum absolute atomic E-state index is 0.119. The largest absolute Gasteiger partial charge is 0.345 e. The van der Waals surface area contributed by atoms with Gasteiger partial charge in [0, 0.05) is 13.6 Å². The van der Waals surface area contributed by atoms with E-state index in [4.69, 9.17) is 5.26 Å². The van der Waals surface area contributed by atoms with Gasteiger partial charge in [0.1, 0.15) is 0 Å². The third-order valence-corrected chi connectivity index (χ3v) is 2.45. The van der Waals surface area contributed by atoms with Crippen molar-refractivity contribution in [2.45, 2.75) is 19.8 Å². The Bertz CT molecular complexity index is 189. The van der Waals surface area contributed by atoms with Crippen molar-refractivity contribution in [2.24, 2.45) is 0 Å². The predicted octanol–water partition coefficient (Wildman–Crippen LogP) is 1.50. The molecule has 0 fully saturated rings. The summed E-state index contributed by atoms with van der Waals surface area (Å²) in [4.78, 5) is 13.0. The van der Waals surface area contributed by atoms with Crippen LogP contribution >= 0.6 is 11.8 Å². The fourth-order valence-corrected chi connectivity index (χ4v) is 1.40. The fourth-order valence-electron chi connectivity index (χ4n) is 0.814. The Morgan fingerprint density at radius 1 is 1.62 bits per heavy atom. The standard InChI is InChI=1S/C9H16N2OS/c1-3-4-6-11(2)9(12)8-13-7-5-10/h3-4,6-8H2,1-2H3. The van der Waals surface area contributed by atoms with Gasteiger partial charge in [-0.2, -0.15) is 5.26 Å². The molecule has 0 saturated carbocycles. The van der Waals surface area contributed by atoms with Crippen LogP contribution in [0.5, 0.6) is 0 Å². The fraction of sp³-hybridized carbons (Fsp3) is 0.778. The number of thioether (sulfide) groups is 1. The minimum atomic E-state index is 0.119. The molecule has 0 N–H and O–H groups in total. The first-order chi connectivity index (χ1) is 6.22. The summed E-state index contributed by atoms with van der Waals surface area (Å²) in [6.07, 6.45) is 2.15. The number of nitriles is 1. The van der Waals surface area contributed by atoms with Gasteiger partial charge in [0.05, 0.1) is 17.6 Å². The van der Waals surface area contributed by atoms with E-state index in [1.165, 1.54) is 11.8 Å². The highest BCUT2D eigenvalue weighted by molar-refractivity contribution is 8.00. The highest BCUT2D eigenvalue weighted by Gasteiger charge is 2.06. The van der Waals surface area contributed by atoms with E-state index >= 15 is 0 Å². The van der Waals surface area contributed by atoms with E-state index in [9.17, 15) is 4.79 Å². The van der Waals surface area contributed by atoms with Crippen LogP contribution in [0.4, 0.5) is 0 Å². The first kappa shape index (κ1) is 12.3. The predicted molar refractivity (Wildman–Crippen MR) is 55.5 cm³/mol. The molecule has 0 aromatic heterocycles. The van der Waals surface area contributed by atoms with Gasteiger partial charge < -0.3 is 4.90 Å². The van der Waals surface area contributed by atoms with Crippen molar-refractivity contribution in [1.82, 2.24) is 4.90 Å². The van der Waals surface area contributed by atoms with Gasteiger partial charge in [0.15, 0.2) is 0 Å². The van der Waals surface area contributed by atoms with Gasteiger partial charge in [-0.1, -0.05) is 13.3 Å². The number of carbonyl (C=O) groups is 1. The van der Waals surface area contributed by atoms with Crippen LogP contribution < -0.4 is 0 Å². The monoisotopic (exact) mass is 200 g/mol. The lowest BCUT2D eigenvalue weighted by Gasteiger charge is -2.15. The van der Waals surface area contributed by atoms with Crippen LogP contribution in [-0.2, 0) is 4.79 Å². The molecule has 4 heteroatoms. The summed E-state index contributed by atoms with van der Waals surface area (Å²) in [5, 5.41) is 8.26. The zero-order valence-corrected chi connectivity index (χ0v) is 9.06. The molecule has 0 aliphatic carbocycles. The average molecular weight is 200 g/mol. The summed E-state index contributed by atoms with van der Waals surface area (Å²) in [7, 11) is 1.81. The van der Waals surface area contributed by atoms with Gasteiger partial charge in [-0.15, -0.1) is 11.8 Å². The average Bonchev–Trinajstić information content (AvgIpc) is 2.14. The molecular weight excluding hydrogens is 184 g/mol. The second kappa shape index (κ2) is 7.93. The van der Waals surface area contributed by atoms with Crippen molar-refractivity contribution >= 4 is 17.7 Å². The number of hydrogen-bond donors (Lipinski definition) is 0. The molecule has 0 aromatic carbocycles. The summed E-state index contributed by atoms with van der Waals surface area (Å²) in [6.45, 7) is 2.92. The normalized spacial score (nSPS) is 9.31. The highest BCUT2D eigenvalue weighted by atomic mass is 32.2. The van der Waals surface area contributed by atoms with Gasteiger partial charge >= 0.3 is 0 Å². The third kappa shape index (κ3) is 6.47. The summed E-state index contributed by atoms with van der Waals surface area (Å²) < 4.78 is 0. The van der Waals surface area contributed by atoms with E-state index in [2.05, 4.69) is 6.92 Å². The van der Waals surface area contributed by atoms with Crippen LogP contribution in [0.25, 0.3) is 0 Å². The SMILES string of the molecule is CCCCN(C)C(=O)CSCC#N. The smallest absolute Gasteiger partial charge is 0.232 e. The molecule has 13 heavy (non-hydrogen) atoms.